The first-order valence-corrected chi connectivity index (χ1v) is 6.82. The Hall–Kier alpha value is -1.81. The zero-order valence-corrected chi connectivity index (χ0v) is 12.5. The quantitative estimate of drug-likeness (QED) is 0.900. The number of H-pyrrole nitrogens is 1. The third-order valence-electron chi connectivity index (χ3n) is 3.65. The van der Waals surface area contributed by atoms with E-state index in [1.807, 2.05) is 50.8 Å². The zero-order chi connectivity index (χ0) is 14.9. The van der Waals surface area contributed by atoms with Crippen molar-refractivity contribution in [3.8, 4) is 0 Å². The molecule has 0 aliphatic heterocycles. The van der Waals surface area contributed by atoms with Crippen molar-refractivity contribution in [3.05, 3.63) is 35.5 Å². The fourth-order valence-electron chi connectivity index (χ4n) is 2.42. The summed E-state index contributed by atoms with van der Waals surface area (Å²) in [6.07, 6.45) is 0. The van der Waals surface area contributed by atoms with Gasteiger partial charge in [-0.15, -0.1) is 0 Å². The first kappa shape index (κ1) is 14.6. The van der Waals surface area contributed by atoms with Gasteiger partial charge in [0.05, 0.1) is 6.54 Å². The number of hydrogen-bond acceptors (Lipinski definition) is 2. The molecule has 0 radical (unpaired) electrons. The number of carboxylic acids is 1. The van der Waals surface area contributed by atoms with E-state index in [-0.39, 0.29) is 12.1 Å². The largest absolute Gasteiger partial charge is 0.480 e. The number of aromatic amines is 1. The molecule has 0 bridgehead atoms. The van der Waals surface area contributed by atoms with E-state index in [4.69, 9.17) is 5.11 Å². The molecule has 4 heteroatoms. The smallest absolute Gasteiger partial charge is 0.317 e. The average molecular weight is 274 g/mol. The van der Waals surface area contributed by atoms with Crippen LogP contribution >= 0.6 is 0 Å². The minimum Gasteiger partial charge on any atom is -0.480 e. The van der Waals surface area contributed by atoms with Gasteiger partial charge in [0.15, 0.2) is 0 Å². The number of rotatable bonds is 4. The van der Waals surface area contributed by atoms with Crippen LogP contribution in [0.25, 0.3) is 10.9 Å². The van der Waals surface area contributed by atoms with Gasteiger partial charge in [0, 0.05) is 28.7 Å². The normalized spacial score (nSPS) is 12.2. The SMILES string of the molecule is Cc1[nH]c2ccccc2c1CN(CC(=O)O)C(C)(C)C. The van der Waals surface area contributed by atoms with Crippen molar-refractivity contribution >= 4 is 16.9 Å². The van der Waals surface area contributed by atoms with Gasteiger partial charge < -0.3 is 10.1 Å². The number of aryl methyl sites for hydroxylation is 1. The predicted molar refractivity (Wildman–Crippen MR) is 80.8 cm³/mol. The van der Waals surface area contributed by atoms with Gasteiger partial charge in [0.25, 0.3) is 0 Å². The van der Waals surface area contributed by atoms with Crippen LogP contribution in [0.1, 0.15) is 32.0 Å². The van der Waals surface area contributed by atoms with E-state index in [9.17, 15) is 4.79 Å². The van der Waals surface area contributed by atoms with Gasteiger partial charge in [-0.1, -0.05) is 18.2 Å². The Morgan fingerprint density at radius 1 is 1.30 bits per heavy atom. The van der Waals surface area contributed by atoms with E-state index in [1.54, 1.807) is 0 Å². The number of aromatic nitrogens is 1. The fraction of sp³-hybridized carbons (Fsp3) is 0.438. The third-order valence-corrected chi connectivity index (χ3v) is 3.65. The lowest BCUT2D eigenvalue weighted by Crippen LogP contribution is -2.43. The number of carboxylic acid groups (broad SMARTS) is 1. The molecule has 0 amide bonds. The molecule has 20 heavy (non-hydrogen) atoms. The second-order valence-electron chi connectivity index (χ2n) is 6.19. The molecule has 108 valence electrons. The molecule has 0 saturated heterocycles. The highest BCUT2D eigenvalue weighted by atomic mass is 16.4. The van der Waals surface area contributed by atoms with E-state index in [2.05, 4.69) is 11.1 Å². The summed E-state index contributed by atoms with van der Waals surface area (Å²) in [7, 11) is 0. The molecule has 0 atom stereocenters. The highest BCUT2D eigenvalue weighted by molar-refractivity contribution is 5.84. The summed E-state index contributed by atoms with van der Waals surface area (Å²) in [5.41, 5.74) is 3.19. The van der Waals surface area contributed by atoms with Gasteiger partial charge in [0.2, 0.25) is 0 Å². The molecular formula is C16H22N2O2. The average Bonchev–Trinajstić information content (AvgIpc) is 2.63. The zero-order valence-electron chi connectivity index (χ0n) is 12.5. The molecule has 4 nitrogen and oxygen atoms in total. The van der Waals surface area contributed by atoms with Crippen LogP contribution in [-0.2, 0) is 11.3 Å². The minimum atomic E-state index is -0.794. The molecular weight excluding hydrogens is 252 g/mol. The number of hydrogen-bond donors (Lipinski definition) is 2. The van der Waals surface area contributed by atoms with Crippen molar-refractivity contribution in [3.63, 3.8) is 0 Å². The highest BCUT2D eigenvalue weighted by Crippen LogP contribution is 2.26. The Balaban J connectivity index is 2.38. The van der Waals surface area contributed by atoms with Crippen molar-refractivity contribution < 1.29 is 9.90 Å². The summed E-state index contributed by atoms with van der Waals surface area (Å²) in [4.78, 5) is 16.4. The predicted octanol–water partition coefficient (Wildman–Crippen LogP) is 3.16. The summed E-state index contributed by atoms with van der Waals surface area (Å²) in [5.74, 6) is -0.794. The Morgan fingerprint density at radius 3 is 2.55 bits per heavy atom. The van der Waals surface area contributed by atoms with Crippen molar-refractivity contribution in [1.29, 1.82) is 0 Å². The van der Waals surface area contributed by atoms with Gasteiger partial charge in [-0.2, -0.15) is 0 Å². The molecule has 0 saturated carbocycles. The molecule has 2 aromatic rings. The number of fused-ring (bicyclic) bond motifs is 1. The van der Waals surface area contributed by atoms with Gasteiger partial charge in [-0.05, 0) is 39.3 Å². The van der Waals surface area contributed by atoms with Crippen LogP contribution in [0.3, 0.4) is 0 Å². The molecule has 0 aliphatic rings. The summed E-state index contributed by atoms with van der Waals surface area (Å²) in [5, 5.41) is 10.3. The lowest BCUT2D eigenvalue weighted by molar-refractivity contribution is -0.139. The minimum absolute atomic E-state index is 0.0441. The number of aliphatic carboxylic acids is 1. The van der Waals surface area contributed by atoms with Crippen LogP contribution < -0.4 is 0 Å². The standard InChI is InChI=1S/C16H22N2O2/c1-11-13(12-7-5-6-8-14(12)17-11)9-18(10-15(19)20)16(2,3)4/h5-8,17H,9-10H2,1-4H3,(H,19,20). The van der Waals surface area contributed by atoms with E-state index in [0.717, 1.165) is 11.2 Å². The van der Waals surface area contributed by atoms with Gasteiger partial charge in [-0.3, -0.25) is 9.69 Å². The third kappa shape index (κ3) is 3.02. The first-order chi connectivity index (χ1) is 9.29. The van der Waals surface area contributed by atoms with E-state index >= 15 is 0 Å². The van der Waals surface area contributed by atoms with Crippen LogP contribution in [0.15, 0.2) is 24.3 Å². The van der Waals surface area contributed by atoms with Crippen LogP contribution in [0.5, 0.6) is 0 Å². The summed E-state index contributed by atoms with van der Waals surface area (Å²) in [6.45, 7) is 8.84. The maximum Gasteiger partial charge on any atom is 0.317 e. The molecule has 0 fully saturated rings. The molecule has 1 aromatic carbocycles. The topological polar surface area (TPSA) is 56.3 Å². The Kier molecular flexibility index (Phi) is 3.86. The Morgan fingerprint density at radius 2 is 1.95 bits per heavy atom. The number of para-hydroxylation sites is 1. The molecule has 0 aliphatic carbocycles. The molecule has 0 unspecified atom stereocenters. The summed E-state index contributed by atoms with van der Waals surface area (Å²) in [6, 6.07) is 8.14. The van der Waals surface area contributed by atoms with Crippen LogP contribution in [-0.4, -0.2) is 33.0 Å². The number of nitrogens with one attached hydrogen (secondary N) is 1. The molecule has 1 heterocycles. The van der Waals surface area contributed by atoms with Crippen LogP contribution in [0.2, 0.25) is 0 Å². The Labute approximate surface area is 119 Å². The fourth-order valence-corrected chi connectivity index (χ4v) is 2.42. The van der Waals surface area contributed by atoms with Crippen LogP contribution in [0, 0.1) is 6.92 Å². The van der Waals surface area contributed by atoms with Crippen molar-refractivity contribution in [1.82, 2.24) is 9.88 Å². The van der Waals surface area contributed by atoms with Gasteiger partial charge >= 0.3 is 5.97 Å². The first-order valence-electron chi connectivity index (χ1n) is 6.82. The van der Waals surface area contributed by atoms with Crippen molar-refractivity contribution in [2.75, 3.05) is 6.54 Å². The van der Waals surface area contributed by atoms with E-state index in [0.29, 0.717) is 6.54 Å². The molecule has 1 aromatic heterocycles. The number of benzene rings is 1. The number of carbonyl (C=O) groups is 1. The lowest BCUT2D eigenvalue weighted by Gasteiger charge is -2.34. The summed E-state index contributed by atoms with van der Waals surface area (Å²) >= 11 is 0. The second kappa shape index (κ2) is 5.29. The summed E-state index contributed by atoms with van der Waals surface area (Å²) < 4.78 is 0. The number of nitrogens with zero attached hydrogens (tertiary/aromatic N) is 1. The van der Waals surface area contributed by atoms with E-state index < -0.39 is 5.97 Å². The van der Waals surface area contributed by atoms with Crippen molar-refractivity contribution in [2.24, 2.45) is 0 Å². The maximum absolute atomic E-state index is 11.1. The highest BCUT2D eigenvalue weighted by Gasteiger charge is 2.25. The van der Waals surface area contributed by atoms with E-state index in [1.165, 1.54) is 10.9 Å². The monoisotopic (exact) mass is 274 g/mol. The molecule has 2 N–H and O–H groups in total. The maximum atomic E-state index is 11.1. The second-order valence-corrected chi connectivity index (χ2v) is 6.19. The van der Waals surface area contributed by atoms with Crippen LogP contribution in [0.4, 0.5) is 0 Å². The molecule has 2 rings (SSSR count). The Bertz CT molecular complexity index is 623. The van der Waals surface area contributed by atoms with Crippen molar-refractivity contribution in [2.45, 2.75) is 39.8 Å². The van der Waals surface area contributed by atoms with Gasteiger partial charge in [0.1, 0.15) is 0 Å². The molecule has 0 spiro atoms. The lowest BCUT2D eigenvalue weighted by atomic mass is 10.0. The van der Waals surface area contributed by atoms with Gasteiger partial charge in [-0.25, -0.2) is 0 Å².